The lowest BCUT2D eigenvalue weighted by molar-refractivity contribution is 0.102. The van der Waals surface area contributed by atoms with E-state index in [0.717, 1.165) is 17.9 Å². The predicted octanol–water partition coefficient (Wildman–Crippen LogP) is 3.71. The van der Waals surface area contributed by atoms with Gasteiger partial charge in [-0.1, -0.05) is 31.5 Å². The fourth-order valence-corrected chi connectivity index (χ4v) is 1.87. The van der Waals surface area contributed by atoms with Crippen LogP contribution in [0.5, 0.6) is 0 Å². The molecule has 0 atom stereocenters. The van der Waals surface area contributed by atoms with Crippen molar-refractivity contribution in [3.8, 4) is 0 Å². The Bertz CT molecular complexity index is 606. The van der Waals surface area contributed by atoms with Gasteiger partial charge in [-0.2, -0.15) is 0 Å². The van der Waals surface area contributed by atoms with Crippen LogP contribution in [0.4, 0.5) is 11.5 Å². The average molecular weight is 283 g/mol. The zero-order valence-corrected chi connectivity index (χ0v) is 12.7. The summed E-state index contributed by atoms with van der Waals surface area (Å²) in [5, 5.41) is 6.09. The van der Waals surface area contributed by atoms with Crippen molar-refractivity contribution in [1.29, 1.82) is 0 Å². The first-order valence-corrected chi connectivity index (χ1v) is 7.12. The van der Waals surface area contributed by atoms with Crippen LogP contribution >= 0.6 is 0 Å². The predicted molar refractivity (Wildman–Crippen MR) is 86.7 cm³/mol. The number of hydrogen-bond acceptors (Lipinski definition) is 3. The van der Waals surface area contributed by atoms with E-state index in [1.807, 2.05) is 37.3 Å². The highest BCUT2D eigenvalue weighted by molar-refractivity contribution is 6.04. The van der Waals surface area contributed by atoms with E-state index in [1.54, 1.807) is 12.3 Å². The molecule has 110 valence electrons. The molecular formula is C17H21N3O. The van der Waals surface area contributed by atoms with Gasteiger partial charge in [0.25, 0.3) is 5.91 Å². The van der Waals surface area contributed by atoms with Gasteiger partial charge in [0.15, 0.2) is 0 Å². The highest BCUT2D eigenvalue weighted by Gasteiger charge is 2.06. The zero-order valence-electron chi connectivity index (χ0n) is 12.7. The molecule has 21 heavy (non-hydrogen) atoms. The standard InChI is InChI=1S/C17H21N3O/c1-12(2)10-18-16-8-7-15(11-19-16)20-17(21)14-6-4-5-13(3)9-14/h4-9,11-12H,10H2,1-3H3,(H,18,19)(H,20,21). The smallest absolute Gasteiger partial charge is 0.255 e. The highest BCUT2D eigenvalue weighted by atomic mass is 16.1. The molecule has 0 fully saturated rings. The van der Waals surface area contributed by atoms with E-state index < -0.39 is 0 Å². The Kier molecular flexibility index (Phi) is 4.93. The SMILES string of the molecule is Cc1cccc(C(=O)Nc2ccc(NCC(C)C)nc2)c1. The van der Waals surface area contributed by atoms with Crippen molar-refractivity contribution in [2.24, 2.45) is 5.92 Å². The fourth-order valence-electron chi connectivity index (χ4n) is 1.87. The van der Waals surface area contributed by atoms with Gasteiger partial charge in [0.2, 0.25) is 0 Å². The van der Waals surface area contributed by atoms with Crippen molar-refractivity contribution in [3.05, 3.63) is 53.7 Å². The maximum atomic E-state index is 12.1. The Hall–Kier alpha value is -2.36. The molecule has 0 aliphatic heterocycles. The number of aromatic nitrogens is 1. The van der Waals surface area contributed by atoms with E-state index in [-0.39, 0.29) is 5.91 Å². The number of benzene rings is 1. The van der Waals surface area contributed by atoms with E-state index in [1.165, 1.54) is 0 Å². The lowest BCUT2D eigenvalue weighted by Crippen LogP contribution is -2.13. The molecule has 0 aliphatic carbocycles. The molecule has 1 amide bonds. The van der Waals surface area contributed by atoms with Crippen molar-refractivity contribution in [2.75, 3.05) is 17.2 Å². The number of nitrogens with one attached hydrogen (secondary N) is 2. The van der Waals surface area contributed by atoms with E-state index >= 15 is 0 Å². The molecule has 2 rings (SSSR count). The van der Waals surface area contributed by atoms with Crippen LogP contribution in [0.3, 0.4) is 0 Å². The molecule has 2 N–H and O–H groups in total. The van der Waals surface area contributed by atoms with Crippen LogP contribution in [0.25, 0.3) is 0 Å². The van der Waals surface area contributed by atoms with E-state index in [4.69, 9.17) is 0 Å². The van der Waals surface area contributed by atoms with Crippen LogP contribution < -0.4 is 10.6 Å². The summed E-state index contributed by atoms with van der Waals surface area (Å²) in [6.07, 6.45) is 1.66. The minimum Gasteiger partial charge on any atom is -0.370 e. The summed E-state index contributed by atoms with van der Waals surface area (Å²) in [7, 11) is 0. The van der Waals surface area contributed by atoms with Crippen molar-refractivity contribution in [3.63, 3.8) is 0 Å². The minimum atomic E-state index is -0.122. The van der Waals surface area contributed by atoms with Gasteiger partial charge < -0.3 is 10.6 Å². The number of rotatable bonds is 5. The number of carbonyl (C=O) groups is 1. The number of hydrogen-bond donors (Lipinski definition) is 2. The zero-order chi connectivity index (χ0) is 15.2. The molecule has 4 heteroatoms. The summed E-state index contributed by atoms with van der Waals surface area (Å²) in [5.41, 5.74) is 2.41. The molecule has 2 aromatic rings. The second kappa shape index (κ2) is 6.88. The Labute approximate surface area is 125 Å². The van der Waals surface area contributed by atoms with Gasteiger partial charge in [0, 0.05) is 12.1 Å². The summed E-state index contributed by atoms with van der Waals surface area (Å²) < 4.78 is 0. The largest absolute Gasteiger partial charge is 0.370 e. The average Bonchev–Trinajstić information content (AvgIpc) is 2.46. The van der Waals surface area contributed by atoms with Gasteiger partial charge in [-0.05, 0) is 37.1 Å². The van der Waals surface area contributed by atoms with Gasteiger partial charge >= 0.3 is 0 Å². The molecular weight excluding hydrogens is 262 g/mol. The van der Waals surface area contributed by atoms with Gasteiger partial charge in [-0.3, -0.25) is 4.79 Å². The summed E-state index contributed by atoms with van der Waals surface area (Å²) >= 11 is 0. The number of pyridine rings is 1. The third-order valence-electron chi connectivity index (χ3n) is 2.99. The molecule has 0 unspecified atom stereocenters. The van der Waals surface area contributed by atoms with E-state index in [0.29, 0.717) is 17.2 Å². The Balaban J connectivity index is 1.98. The van der Waals surface area contributed by atoms with Crippen LogP contribution in [0, 0.1) is 12.8 Å². The Morgan fingerprint density at radius 1 is 1.24 bits per heavy atom. The first-order chi connectivity index (χ1) is 10.0. The van der Waals surface area contributed by atoms with Crippen LogP contribution in [0.15, 0.2) is 42.6 Å². The first-order valence-electron chi connectivity index (χ1n) is 7.12. The van der Waals surface area contributed by atoms with Crippen LogP contribution in [-0.4, -0.2) is 17.4 Å². The number of anilines is 2. The second-order valence-corrected chi connectivity index (χ2v) is 5.53. The summed E-state index contributed by atoms with van der Waals surface area (Å²) in [6, 6.07) is 11.2. The topological polar surface area (TPSA) is 54.0 Å². The molecule has 1 aromatic carbocycles. The van der Waals surface area contributed by atoms with E-state index in [2.05, 4.69) is 29.5 Å². The number of amides is 1. The molecule has 0 spiro atoms. The van der Waals surface area contributed by atoms with Crippen LogP contribution in [0.1, 0.15) is 29.8 Å². The lowest BCUT2D eigenvalue weighted by Gasteiger charge is -2.09. The first kappa shape index (κ1) is 15.0. The van der Waals surface area contributed by atoms with Gasteiger partial charge in [-0.15, -0.1) is 0 Å². The second-order valence-electron chi connectivity index (χ2n) is 5.53. The monoisotopic (exact) mass is 283 g/mol. The fraction of sp³-hybridized carbons (Fsp3) is 0.294. The number of nitrogens with zero attached hydrogens (tertiary/aromatic N) is 1. The highest BCUT2D eigenvalue weighted by Crippen LogP contribution is 2.12. The van der Waals surface area contributed by atoms with Crippen molar-refractivity contribution < 1.29 is 4.79 Å². The summed E-state index contributed by atoms with van der Waals surface area (Å²) in [4.78, 5) is 16.4. The summed E-state index contributed by atoms with van der Waals surface area (Å²) in [6.45, 7) is 7.13. The van der Waals surface area contributed by atoms with Crippen molar-refractivity contribution in [2.45, 2.75) is 20.8 Å². The molecule has 0 saturated carbocycles. The number of carbonyl (C=O) groups excluding carboxylic acids is 1. The molecule has 0 radical (unpaired) electrons. The van der Waals surface area contributed by atoms with Crippen LogP contribution in [0.2, 0.25) is 0 Å². The molecule has 0 saturated heterocycles. The van der Waals surface area contributed by atoms with Crippen LogP contribution in [-0.2, 0) is 0 Å². The maximum absolute atomic E-state index is 12.1. The summed E-state index contributed by atoms with van der Waals surface area (Å²) in [5.74, 6) is 1.26. The third-order valence-corrected chi connectivity index (χ3v) is 2.99. The third kappa shape index (κ3) is 4.60. The molecule has 0 bridgehead atoms. The molecule has 1 heterocycles. The Morgan fingerprint density at radius 2 is 2.05 bits per heavy atom. The molecule has 4 nitrogen and oxygen atoms in total. The van der Waals surface area contributed by atoms with Gasteiger partial charge in [-0.25, -0.2) is 4.98 Å². The maximum Gasteiger partial charge on any atom is 0.255 e. The normalized spacial score (nSPS) is 10.5. The quantitative estimate of drug-likeness (QED) is 0.879. The molecule has 0 aliphatic rings. The number of aryl methyl sites for hydroxylation is 1. The minimum absolute atomic E-state index is 0.122. The van der Waals surface area contributed by atoms with Crippen molar-refractivity contribution in [1.82, 2.24) is 4.98 Å². The Morgan fingerprint density at radius 3 is 2.67 bits per heavy atom. The van der Waals surface area contributed by atoms with Crippen molar-refractivity contribution >= 4 is 17.4 Å². The van der Waals surface area contributed by atoms with Gasteiger partial charge in [0.05, 0.1) is 11.9 Å². The van der Waals surface area contributed by atoms with E-state index in [9.17, 15) is 4.79 Å². The van der Waals surface area contributed by atoms with Gasteiger partial charge in [0.1, 0.15) is 5.82 Å². The molecule has 1 aromatic heterocycles. The lowest BCUT2D eigenvalue weighted by atomic mass is 10.1.